The average molecular weight is 815 g/mol. The molecule has 1 heterocycles. The SMILES string of the molecule is COCCN(CCOC)Cc1ccc(CNC(=O)NC(C)c2cccc3c(C4CNCCN(Cc5ccc(CNC(=O)Nc6ccccc6)cc5)CCN4)cccc23)cc1. The van der Waals surface area contributed by atoms with E-state index < -0.39 is 0 Å². The molecule has 6 N–H and O–H groups in total. The van der Waals surface area contributed by atoms with Crippen LogP contribution in [-0.2, 0) is 35.7 Å². The fraction of sp³-hybridized carbons (Fsp3) is 0.375. The number of nitrogens with zero attached hydrogens (tertiary/aromatic N) is 2. The molecule has 0 bridgehead atoms. The van der Waals surface area contributed by atoms with Gasteiger partial charge in [-0.05, 0) is 63.2 Å². The quantitative estimate of drug-likeness (QED) is 0.0588. The molecule has 4 amide bonds. The van der Waals surface area contributed by atoms with Gasteiger partial charge < -0.3 is 41.4 Å². The molecule has 2 unspecified atom stereocenters. The third-order valence-corrected chi connectivity index (χ3v) is 11.0. The first-order valence-corrected chi connectivity index (χ1v) is 21.1. The maximum atomic E-state index is 13.1. The fourth-order valence-corrected chi connectivity index (χ4v) is 7.62. The monoisotopic (exact) mass is 814 g/mol. The Morgan fingerprint density at radius 1 is 0.717 bits per heavy atom. The minimum Gasteiger partial charge on any atom is -0.383 e. The van der Waals surface area contributed by atoms with Crippen molar-refractivity contribution in [1.29, 1.82) is 0 Å². The molecule has 1 fully saturated rings. The van der Waals surface area contributed by atoms with Gasteiger partial charge in [0, 0.05) is 97.9 Å². The molecule has 0 saturated carbocycles. The molecule has 5 aromatic rings. The first-order chi connectivity index (χ1) is 29.4. The molecule has 0 spiro atoms. The van der Waals surface area contributed by atoms with Crippen LogP contribution in [0.4, 0.5) is 15.3 Å². The molecule has 0 radical (unpaired) electrons. The first kappa shape index (κ1) is 44.2. The van der Waals surface area contributed by atoms with E-state index in [9.17, 15) is 9.59 Å². The number of carbonyl (C=O) groups excluding carboxylic acids is 2. The number of hydrogen-bond acceptors (Lipinski definition) is 8. The summed E-state index contributed by atoms with van der Waals surface area (Å²) in [6, 6.07) is 38.7. The van der Waals surface area contributed by atoms with Crippen LogP contribution in [-0.4, -0.2) is 95.1 Å². The number of nitrogens with one attached hydrogen (secondary N) is 6. The first-order valence-electron chi connectivity index (χ1n) is 21.1. The standard InChI is InChI=1S/C48H62N8O4/c1-36(53-47(57)51-31-37-17-21-40(22-18-37)35-56(27-29-59-2)28-30-60-3)42-11-7-13-44-43(42)12-8-14-45(44)46-33-49-23-25-55(26-24-50-46)34-39-19-15-38(16-20-39)32-52-48(58)54-41-9-5-4-6-10-41/h4-22,36,46,49-50H,23-35H2,1-3H3,(H2,51,53,57)(H2,52,54,58). The summed E-state index contributed by atoms with van der Waals surface area (Å²) in [6.07, 6.45) is 0. The van der Waals surface area contributed by atoms with Gasteiger partial charge >= 0.3 is 12.1 Å². The third kappa shape index (κ3) is 13.6. The van der Waals surface area contributed by atoms with Crippen molar-refractivity contribution in [2.24, 2.45) is 0 Å². The van der Waals surface area contributed by atoms with E-state index in [0.29, 0.717) is 26.3 Å². The van der Waals surface area contributed by atoms with Crippen LogP contribution in [0.5, 0.6) is 0 Å². The van der Waals surface area contributed by atoms with E-state index in [2.05, 4.69) is 127 Å². The number of methoxy groups -OCH3 is 2. The molecular weight excluding hydrogens is 753 g/mol. The number of carbonyl (C=O) groups is 2. The van der Waals surface area contributed by atoms with E-state index in [-0.39, 0.29) is 24.1 Å². The van der Waals surface area contributed by atoms with Gasteiger partial charge in [-0.15, -0.1) is 0 Å². The van der Waals surface area contributed by atoms with Crippen molar-refractivity contribution >= 4 is 28.5 Å². The van der Waals surface area contributed by atoms with E-state index in [1.807, 2.05) is 37.3 Å². The lowest BCUT2D eigenvalue weighted by Crippen LogP contribution is -2.36. The summed E-state index contributed by atoms with van der Waals surface area (Å²) in [6.45, 7) is 12.0. The Labute approximate surface area is 355 Å². The molecule has 1 aliphatic rings. The number of ether oxygens (including phenoxy) is 2. The lowest BCUT2D eigenvalue weighted by molar-refractivity contribution is 0.110. The van der Waals surface area contributed by atoms with Crippen LogP contribution in [0.15, 0.2) is 115 Å². The lowest BCUT2D eigenvalue weighted by Gasteiger charge is -2.23. The number of urea groups is 2. The molecule has 12 heteroatoms. The minimum absolute atomic E-state index is 0.131. The van der Waals surface area contributed by atoms with Crippen molar-refractivity contribution < 1.29 is 19.1 Å². The van der Waals surface area contributed by atoms with Gasteiger partial charge in [0.15, 0.2) is 0 Å². The zero-order valence-corrected chi connectivity index (χ0v) is 35.3. The number of rotatable bonds is 18. The summed E-state index contributed by atoms with van der Waals surface area (Å²) in [5, 5.41) is 21.9. The number of anilines is 1. The molecule has 12 nitrogen and oxygen atoms in total. The number of benzene rings is 5. The molecule has 6 rings (SSSR count). The predicted octanol–water partition coefficient (Wildman–Crippen LogP) is 6.55. The Morgan fingerprint density at radius 3 is 2.03 bits per heavy atom. The molecule has 0 aromatic heterocycles. The van der Waals surface area contributed by atoms with Crippen molar-refractivity contribution in [1.82, 2.24) is 36.4 Å². The number of para-hydroxylation sites is 1. The molecular formula is C48H62N8O4. The van der Waals surface area contributed by atoms with Crippen LogP contribution in [0.1, 0.15) is 52.4 Å². The summed E-state index contributed by atoms with van der Waals surface area (Å²) >= 11 is 0. The van der Waals surface area contributed by atoms with Crippen molar-refractivity contribution in [2.75, 3.05) is 78.6 Å². The summed E-state index contributed by atoms with van der Waals surface area (Å²) < 4.78 is 10.6. The maximum Gasteiger partial charge on any atom is 0.319 e. The zero-order valence-electron chi connectivity index (χ0n) is 35.3. The number of fused-ring (bicyclic) bond motifs is 1. The highest BCUT2D eigenvalue weighted by Gasteiger charge is 2.20. The second-order valence-electron chi connectivity index (χ2n) is 15.4. The topological polar surface area (TPSA) is 131 Å². The third-order valence-electron chi connectivity index (χ3n) is 11.0. The molecule has 1 saturated heterocycles. The largest absolute Gasteiger partial charge is 0.383 e. The van der Waals surface area contributed by atoms with Crippen LogP contribution in [0.25, 0.3) is 10.8 Å². The highest BCUT2D eigenvalue weighted by Crippen LogP contribution is 2.30. The van der Waals surface area contributed by atoms with Gasteiger partial charge in [0.25, 0.3) is 0 Å². The van der Waals surface area contributed by atoms with Gasteiger partial charge in [0.2, 0.25) is 0 Å². The second-order valence-corrected chi connectivity index (χ2v) is 15.4. The number of hydrogen-bond donors (Lipinski definition) is 6. The highest BCUT2D eigenvalue weighted by atomic mass is 16.5. The Morgan fingerprint density at radius 2 is 1.33 bits per heavy atom. The van der Waals surface area contributed by atoms with E-state index in [0.717, 1.165) is 86.7 Å². The summed E-state index contributed by atoms with van der Waals surface area (Å²) in [5.41, 5.74) is 7.64. The van der Waals surface area contributed by atoms with Crippen LogP contribution in [0, 0.1) is 0 Å². The van der Waals surface area contributed by atoms with Gasteiger partial charge in [0.1, 0.15) is 0 Å². The normalized spacial score (nSPS) is 15.4. The highest BCUT2D eigenvalue weighted by molar-refractivity contribution is 5.90. The van der Waals surface area contributed by atoms with Gasteiger partial charge in [-0.1, -0.05) is 103 Å². The van der Waals surface area contributed by atoms with Crippen molar-refractivity contribution in [3.8, 4) is 0 Å². The van der Waals surface area contributed by atoms with Crippen LogP contribution >= 0.6 is 0 Å². The smallest absolute Gasteiger partial charge is 0.319 e. The van der Waals surface area contributed by atoms with Gasteiger partial charge in [-0.2, -0.15) is 0 Å². The van der Waals surface area contributed by atoms with E-state index in [1.165, 1.54) is 22.1 Å². The molecule has 0 aliphatic carbocycles. The number of amides is 4. The Hall–Kier alpha value is -5.34. The van der Waals surface area contributed by atoms with Crippen LogP contribution in [0.3, 0.4) is 0 Å². The van der Waals surface area contributed by atoms with E-state index in [1.54, 1.807) is 14.2 Å². The van der Waals surface area contributed by atoms with Gasteiger partial charge in [-0.3, -0.25) is 9.80 Å². The van der Waals surface area contributed by atoms with Gasteiger partial charge in [-0.25, -0.2) is 9.59 Å². The van der Waals surface area contributed by atoms with Crippen LogP contribution < -0.4 is 31.9 Å². The summed E-state index contributed by atoms with van der Waals surface area (Å²) in [4.78, 5) is 30.2. The van der Waals surface area contributed by atoms with E-state index >= 15 is 0 Å². The summed E-state index contributed by atoms with van der Waals surface area (Å²) in [5.74, 6) is 0. The van der Waals surface area contributed by atoms with Crippen molar-refractivity contribution in [3.05, 3.63) is 149 Å². The van der Waals surface area contributed by atoms with Gasteiger partial charge in [0.05, 0.1) is 19.3 Å². The second kappa shape index (κ2) is 23.4. The Balaban J connectivity index is 0.981. The van der Waals surface area contributed by atoms with E-state index in [4.69, 9.17) is 9.47 Å². The minimum atomic E-state index is -0.221. The molecule has 318 valence electrons. The summed E-state index contributed by atoms with van der Waals surface area (Å²) in [7, 11) is 3.44. The van der Waals surface area contributed by atoms with Crippen molar-refractivity contribution in [3.63, 3.8) is 0 Å². The van der Waals surface area contributed by atoms with Crippen molar-refractivity contribution in [2.45, 2.75) is 45.2 Å². The predicted molar refractivity (Wildman–Crippen MR) is 241 cm³/mol. The molecule has 2 atom stereocenters. The molecule has 5 aromatic carbocycles. The Bertz CT molecular complexity index is 2060. The maximum absolute atomic E-state index is 13.1. The zero-order chi connectivity index (χ0) is 41.9. The fourth-order valence-electron chi connectivity index (χ4n) is 7.62. The molecule has 60 heavy (non-hydrogen) atoms. The average Bonchev–Trinajstić information content (AvgIpc) is 3.39. The lowest BCUT2D eigenvalue weighted by atomic mass is 9.93. The van der Waals surface area contributed by atoms with Crippen LogP contribution in [0.2, 0.25) is 0 Å². The molecule has 1 aliphatic heterocycles. The Kier molecular flexibility index (Phi) is 17.3.